The maximum Gasteiger partial charge on any atom is 0.330 e. The molecule has 0 bridgehead atoms. The third-order valence-corrected chi connectivity index (χ3v) is 2.27. The number of nitrogens with zero attached hydrogens (tertiary/aromatic N) is 3. The van der Waals surface area contributed by atoms with Gasteiger partial charge in [-0.3, -0.25) is 14.6 Å². The average molecular weight is 212 g/mol. The maximum absolute atomic E-state index is 11.6. The van der Waals surface area contributed by atoms with Crippen LogP contribution in [-0.4, -0.2) is 60.9 Å². The Morgan fingerprint density at radius 1 is 1.27 bits per heavy atom. The molecular formula is C9H16N4O2. The van der Waals surface area contributed by atoms with Crippen molar-refractivity contribution in [3.63, 3.8) is 0 Å². The Hall–Kier alpha value is -1.56. The zero-order valence-corrected chi connectivity index (χ0v) is 9.39. The predicted molar refractivity (Wildman–Crippen MR) is 55.7 cm³/mol. The Bertz CT molecular complexity index is 300. The Kier molecular flexibility index (Phi) is 2.99. The fourth-order valence-electron chi connectivity index (χ4n) is 1.40. The molecule has 1 aliphatic heterocycles. The third kappa shape index (κ3) is 1.94. The number of amides is 3. The van der Waals surface area contributed by atoms with E-state index in [-0.39, 0.29) is 11.9 Å². The summed E-state index contributed by atoms with van der Waals surface area (Å²) in [4.78, 5) is 27.3. The smallest absolute Gasteiger partial charge is 0.330 e. The maximum atomic E-state index is 11.6. The molecule has 6 nitrogen and oxygen atoms in total. The van der Waals surface area contributed by atoms with Crippen LogP contribution in [-0.2, 0) is 4.79 Å². The van der Waals surface area contributed by atoms with Gasteiger partial charge in [-0.2, -0.15) is 0 Å². The minimum absolute atomic E-state index is 0.366. The van der Waals surface area contributed by atoms with Gasteiger partial charge >= 0.3 is 6.03 Å². The molecule has 1 saturated heterocycles. The number of hydrogen-bond acceptors (Lipinski definition) is 4. The number of carbonyl (C=O) groups is 2. The number of likely N-dealkylation sites (N-methyl/N-ethyl adjacent to an activating group) is 2. The molecule has 84 valence electrons. The first-order chi connectivity index (χ1) is 6.86. The summed E-state index contributed by atoms with van der Waals surface area (Å²) in [5.41, 5.74) is 6.24. The first kappa shape index (κ1) is 11.5. The van der Waals surface area contributed by atoms with Gasteiger partial charge < -0.3 is 10.6 Å². The van der Waals surface area contributed by atoms with Gasteiger partial charge in [0.1, 0.15) is 6.04 Å². The topological polar surface area (TPSA) is 69.9 Å². The van der Waals surface area contributed by atoms with Crippen LogP contribution in [0.3, 0.4) is 0 Å². The average Bonchev–Trinajstić information content (AvgIpc) is 2.18. The van der Waals surface area contributed by atoms with E-state index in [1.165, 1.54) is 11.9 Å². The van der Waals surface area contributed by atoms with Crippen LogP contribution in [0.2, 0.25) is 0 Å². The Morgan fingerprint density at radius 2 is 1.80 bits per heavy atom. The van der Waals surface area contributed by atoms with Gasteiger partial charge in [-0.05, 0) is 0 Å². The highest BCUT2D eigenvalue weighted by atomic mass is 16.2. The summed E-state index contributed by atoms with van der Waals surface area (Å²) in [6.45, 7) is 0. The minimum atomic E-state index is -0.778. The number of nitrogens with two attached hydrogens (primary N) is 1. The van der Waals surface area contributed by atoms with E-state index in [2.05, 4.69) is 0 Å². The van der Waals surface area contributed by atoms with E-state index in [1.807, 2.05) is 0 Å². The summed E-state index contributed by atoms with van der Waals surface area (Å²) in [7, 11) is 6.63. The largest absolute Gasteiger partial charge is 0.382 e. The fraction of sp³-hybridized carbons (Fsp3) is 0.556. The highest BCUT2D eigenvalue weighted by Crippen LogP contribution is 2.17. The van der Waals surface area contributed by atoms with Crippen LogP contribution in [0.4, 0.5) is 4.79 Å². The van der Waals surface area contributed by atoms with Crippen LogP contribution in [0, 0.1) is 0 Å². The van der Waals surface area contributed by atoms with E-state index < -0.39 is 6.04 Å². The molecule has 0 aliphatic carbocycles. The molecule has 1 atom stereocenters. The van der Waals surface area contributed by atoms with E-state index in [0.717, 1.165) is 4.90 Å². The molecule has 0 aromatic rings. The highest BCUT2D eigenvalue weighted by Gasteiger charge is 2.37. The summed E-state index contributed by atoms with van der Waals surface area (Å²) in [5, 5.41) is 0. The summed E-state index contributed by atoms with van der Waals surface area (Å²) in [6, 6.07) is -1.14. The Labute approximate surface area is 88.9 Å². The Balaban J connectivity index is 3.08. The van der Waals surface area contributed by atoms with Crippen molar-refractivity contribution in [2.24, 2.45) is 5.73 Å². The third-order valence-electron chi connectivity index (χ3n) is 2.27. The molecule has 1 aliphatic rings. The van der Waals surface area contributed by atoms with Gasteiger partial charge in [-0.15, -0.1) is 0 Å². The molecule has 0 spiro atoms. The first-order valence-electron chi connectivity index (χ1n) is 4.55. The summed E-state index contributed by atoms with van der Waals surface area (Å²) < 4.78 is 0. The van der Waals surface area contributed by atoms with Crippen molar-refractivity contribution >= 4 is 11.9 Å². The second kappa shape index (κ2) is 3.90. The van der Waals surface area contributed by atoms with Crippen LogP contribution >= 0.6 is 0 Å². The lowest BCUT2D eigenvalue weighted by Crippen LogP contribution is -2.58. The molecule has 0 aromatic heterocycles. The zero-order chi connectivity index (χ0) is 11.7. The second-order valence-electron chi connectivity index (χ2n) is 3.73. The van der Waals surface area contributed by atoms with Crippen molar-refractivity contribution in [1.82, 2.24) is 14.7 Å². The van der Waals surface area contributed by atoms with Gasteiger partial charge in [0.15, 0.2) is 0 Å². The molecule has 0 saturated carbocycles. The van der Waals surface area contributed by atoms with Crippen molar-refractivity contribution in [3.05, 3.63) is 11.9 Å². The highest BCUT2D eigenvalue weighted by molar-refractivity contribution is 6.02. The number of urea groups is 1. The van der Waals surface area contributed by atoms with Gasteiger partial charge in [0.2, 0.25) is 0 Å². The molecule has 1 heterocycles. The van der Waals surface area contributed by atoms with Gasteiger partial charge in [-0.1, -0.05) is 0 Å². The van der Waals surface area contributed by atoms with Gasteiger partial charge in [0.25, 0.3) is 5.91 Å². The predicted octanol–water partition coefficient (Wildman–Crippen LogP) is -0.759. The van der Waals surface area contributed by atoms with Crippen molar-refractivity contribution in [1.29, 1.82) is 0 Å². The number of hydrogen-bond donors (Lipinski definition) is 1. The normalized spacial score (nSPS) is 25.1. The van der Waals surface area contributed by atoms with E-state index in [1.54, 1.807) is 32.2 Å². The lowest BCUT2D eigenvalue weighted by Gasteiger charge is -2.35. The first-order valence-corrected chi connectivity index (χ1v) is 4.55. The minimum Gasteiger partial charge on any atom is -0.382 e. The van der Waals surface area contributed by atoms with Crippen LogP contribution in [0.5, 0.6) is 0 Å². The lowest BCUT2D eigenvalue weighted by molar-refractivity contribution is -0.129. The van der Waals surface area contributed by atoms with Crippen molar-refractivity contribution in [2.45, 2.75) is 6.04 Å². The van der Waals surface area contributed by atoms with E-state index in [9.17, 15) is 9.59 Å². The molecule has 1 fully saturated rings. The number of imide groups is 1. The molecule has 6 heteroatoms. The van der Waals surface area contributed by atoms with E-state index >= 15 is 0 Å². The molecule has 15 heavy (non-hydrogen) atoms. The van der Waals surface area contributed by atoms with Gasteiger partial charge in [0, 0.05) is 34.4 Å². The molecule has 3 amide bonds. The molecule has 1 rings (SSSR count). The fourth-order valence-corrected chi connectivity index (χ4v) is 1.40. The van der Waals surface area contributed by atoms with Crippen LogP contribution in [0.1, 0.15) is 0 Å². The summed E-state index contributed by atoms with van der Waals surface area (Å²) >= 11 is 0. The van der Waals surface area contributed by atoms with Crippen LogP contribution in [0.15, 0.2) is 11.9 Å². The summed E-state index contributed by atoms with van der Waals surface area (Å²) in [5.74, 6) is -0.383. The Morgan fingerprint density at radius 3 is 2.27 bits per heavy atom. The van der Waals surface area contributed by atoms with Gasteiger partial charge in [0.05, 0.1) is 5.70 Å². The zero-order valence-electron chi connectivity index (χ0n) is 9.39. The quantitative estimate of drug-likeness (QED) is 0.620. The van der Waals surface area contributed by atoms with Gasteiger partial charge in [-0.25, -0.2) is 4.79 Å². The van der Waals surface area contributed by atoms with Crippen molar-refractivity contribution in [2.75, 3.05) is 28.2 Å². The molecule has 0 aromatic carbocycles. The standard InChI is InChI=1S/C9H16N4O2/c1-11(2)5-6-7(10)8(14)13(4)9(15)12(6)3/h5,7H,10H2,1-4H3. The second-order valence-corrected chi connectivity index (χ2v) is 3.73. The van der Waals surface area contributed by atoms with E-state index in [4.69, 9.17) is 5.73 Å². The molecule has 1 unspecified atom stereocenters. The van der Waals surface area contributed by atoms with Crippen molar-refractivity contribution in [3.8, 4) is 0 Å². The summed E-state index contributed by atoms with van der Waals surface area (Å²) in [6.07, 6.45) is 1.67. The van der Waals surface area contributed by atoms with Crippen LogP contribution < -0.4 is 5.73 Å². The monoisotopic (exact) mass is 212 g/mol. The van der Waals surface area contributed by atoms with Crippen molar-refractivity contribution < 1.29 is 9.59 Å². The molecular weight excluding hydrogens is 196 g/mol. The molecule has 0 radical (unpaired) electrons. The SMILES string of the molecule is CN(C)C=C1C(N)C(=O)N(C)C(=O)N1C. The van der Waals surface area contributed by atoms with E-state index in [0.29, 0.717) is 5.70 Å². The number of rotatable bonds is 1. The van der Waals surface area contributed by atoms with Crippen LogP contribution in [0.25, 0.3) is 0 Å². The number of carbonyl (C=O) groups excluding carboxylic acids is 2. The lowest BCUT2D eigenvalue weighted by atomic mass is 10.1. The molecule has 2 N–H and O–H groups in total.